The second kappa shape index (κ2) is 6.05. The first-order chi connectivity index (χ1) is 9.81. The van der Waals surface area contributed by atoms with Crippen LogP contribution in [0.2, 0.25) is 0 Å². The lowest BCUT2D eigenvalue weighted by atomic mass is 9.74. The van der Waals surface area contributed by atoms with Gasteiger partial charge in [0.1, 0.15) is 0 Å². The summed E-state index contributed by atoms with van der Waals surface area (Å²) < 4.78 is 0.963. The lowest BCUT2D eigenvalue weighted by Crippen LogP contribution is -2.55. The molecule has 2 rings (SSSR count). The zero-order chi connectivity index (χ0) is 15.6. The molecule has 0 saturated heterocycles. The SMILES string of the molecule is Cc1cc(Br)cc(C)c1NC(=O)NC1(CC(=O)O)CCC1. The van der Waals surface area contributed by atoms with Crippen LogP contribution in [0.3, 0.4) is 0 Å². The van der Waals surface area contributed by atoms with Gasteiger partial charge in [0, 0.05) is 10.2 Å². The Morgan fingerprint density at radius 1 is 1.29 bits per heavy atom. The fourth-order valence-electron chi connectivity index (χ4n) is 2.73. The maximum Gasteiger partial charge on any atom is 0.319 e. The molecule has 6 heteroatoms. The molecule has 0 heterocycles. The molecule has 1 aromatic carbocycles. The fraction of sp³-hybridized carbons (Fsp3) is 0.467. The molecule has 21 heavy (non-hydrogen) atoms. The van der Waals surface area contributed by atoms with E-state index in [0.29, 0.717) is 12.8 Å². The van der Waals surface area contributed by atoms with E-state index in [1.165, 1.54) is 0 Å². The fourth-order valence-corrected chi connectivity index (χ4v) is 3.42. The van der Waals surface area contributed by atoms with Crippen LogP contribution in [-0.4, -0.2) is 22.6 Å². The lowest BCUT2D eigenvalue weighted by molar-refractivity contribution is -0.139. The van der Waals surface area contributed by atoms with Gasteiger partial charge in [0.25, 0.3) is 0 Å². The zero-order valence-corrected chi connectivity index (χ0v) is 13.7. The van der Waals surface area contributed by atoms with Crippen molar-refractivity contribution < 1.29 is 14.7 Å². The summed E-state index contributed by atoms with van der Waals surface area (Å²) in [7, 11) is 0. The molecule has 0 aliphatic heterocycles. The molecule has 0 unspecified atom stereocenters. The van der Waals surface area contributed by atoms with Gasteiger partial charge in [-0.05, 0) is 56.4 Å². The smallest absolute Gasteiger partial charge is 0.319 e. The average molecular weight is 355 g/mol. The minimum absolute atomic E-state index is 0.0290. The molecule has 0 aromatic heterocycles. The van der Waals surface area contributed by atoms with Crippen molar-refractivity contribution in [1.29, 1.82) is 0 Å². The number of hydrogen-bond acceptors (Lipinski definition) is 2. The summed E-state index contributed by atoms with van der Waals surface area (Å²) in [5.41, 5.74) is 2.09. The van der Waals surface area contributed by atoms with E-state index >= 15 is 0 Å². The molecule has 2 amide bonds. The predicted molar refractivity (Wildman–Crippen MR) is 84.6 cm³/mol. The van der Waals surface area contributed by atoms with Crippen LogP contribution < -0.4 is 10.6 Å². The number of hydrogen-bond donors (Lipinski definition) is 3. The first kappa shape index (κ1) is 15.8. The van der Waals surface area contributed by atoms with E-state index in [2.05, 4.69) is 26.6 Å². The number of benzene rings is 1. The van der Waals surface area contributed by atoms with Crippen molar-refractivity contribution in [1.82, 2.24) is 5.32 Å². The van der Waals surface area contributed by atoms with Gasteiger partial charge >= 0.3 is 12.0 Å². The summed E-state index contributed by atoms with van der Waals surface area (Å²) in [5.74, 6) is -0.883. The molecule has 114 valence electrons. The van der Waals surface area contributed by atoms with Crippen molar-refractivity contribution in [3.63, 3.8) is 0 Å². The molecule has 1 aromatic rings. The second-order valence-electron chi connectivity index (χ2n) is 5.70. The molecule has 0 bridgehead atoms. The van der Waals surface area contributed by atoms with Gasteiger partial charge < -0.3 is 15.7 Å². The number of carboxylic acid groups (broad SMARTS) is 1. The minimum atomic E-state index is -0.883. The van der Waals surface area contributed by atoms with Gasteiger partial charge in [-0.1, -0.05) is 15.9 Å². The Morgan fingerprint density at radius 2 is 1.86 bits per heavy atom. The number of aliphatic carboxylic acids is 1. The molecule has 3 N–H and O–H groups in total. The van der Waals surface area contributed by atoms with E-state index in [-0.39, 0.29) is 12.5 Å². The van der Waals surface area contributed by atoms with E-state index < -0.39 is 11.5 Å². The van der Waals surface area contributed by atoms with E-state index in [1.807, 2.05) is 26.0 Å². The van der Waals surface area contributed by atoms with Crippen molar-refractivity contribution in [2.24, 2.45) is 0 Å². The minimum Gasteiger partial charge on any atom is -0.481 e. The van der Waals surface area contributed by atoms with Crippen molar-refractivity contribution in [3.8, 4) is 0 Å². The number of anilines is 1. The summed E-state index contributed by atoms with van der Waals surface area (Å²) in [5, 5.41) is 14.6. The molecular formula is C15H19BrN2O3. The summed E-state index contributed by atoms with van der Waals surface area (Å²) >= 11 is 3.42. The van der Waals surface area contributed by atoms with Gasteiger partial charge in [-0.3, -0.25) is 4.79 Å². The van der Waals surface area contributed by atoms with Crippen LogP contribution in [0.5, 0.6) is 0 Å². The summed E-state index contributed by atoms with van der Waals surface area (Å²) in [4.78, 5) is 23.1. The molecule has 1 aliphatic rings. The van der Waals surface area contributed by atoms with Gasteiger partial charge in [-0.15, -0.1) is 0 Å². The van der Waals surface area contributed by atoms with E-state index in [4.69, 9.17) is 5.11 Å². The van der Waals surface area contributed by atoms with Crippen LogP contribution in [0.25, 0.3) is 0 Å². The molecule has 1 fully saturated rings. The van der Waals surface area contributed by atoms with Gasteiger partial charge in [0.2, 0.25) is 0 Å². The Bertz CT molecular complexity index is 559. The standard InChI is InChI=1S/C15H19BrN2O3/c1-9-6-11(16)7-10(2)13(9)17-14(21)18-15(4-3-5-15)8-12(19)20/h6-7H,3-5,8H2,1-2H3,(H,19,20)(H2,17,18,21). The Balaban J connectivity index is 2.07. The van der Waals surface area contributed by atoms with E-state index in [9.17, 15) is 9.59 Å². The van der Waals surface area contributed by atoms with Crippen molar-refractivity contribution >= 4 is 33.6 Å². The summed E-state index contributed by atoms with van der Waals surface area (Å²) in [6.45, 7) is 3.84. The van der Waals surface area contributed by atoms with Gasteiger partial charge in [-0.2, -0.15) is 0 Å². The first-order valence-electron chi connectivity index (χ1n) is 6.89. The molecule has 5 nitrogen and oxygen atoms in total. The zero-order valence-electron chi connectivity index (χ0n) is 12.1. The van der Waals surface area contributed by atoms with Crippen molar-refractivity contribution in [2.45, 2.75) is 45.1 Å². The number of amides is 2. The van der Waals surface area contributed by atoms with E-state index in [1.54, 1.807) is 0 Å². The number of urea groups is 1. The Kier molecular flexibility index (Phi) is 4.56. The highest BCUT2D eigenvalue weighted by atomic mass is 79.9. The largest absolute Gasteiger partial charge is 0.481 e. The number of nitrogens with one attached hydrogen (secondary N) is 2. The highest BCUT2D eigenvalue weighted by Crippen LogP contribution is 2.35. The lowest BCUT2D eigenvalue weighted by Gasteiger charge is -2.41. The number of halogens is 1. The van der Waals surface area contributed by atoms with Crippen LogP contribution >= 0.6 is 15.9 Å². The van der Waals surface area contributed by atoms with E-state index in [0.717, 1.165) is 27.7 Å². The Hall–Kier alpha value is -1.56. The van der Waals surface area contributed by atoms with Gasteiger partial charge in [-0.25, -0.2) is 4.79 Å². The van der Waals surface area contributed by atoms with Gasteiger partial charge in [0.15, 0.2) is 0 Å². The maximum absolute atomic E-state index is 12.2. The average Bonchev–Trinajstić information content (AvgIpc) is 2.30. The number of carbonyl (C=O) groups excluding carboxylic acids is 1. The molecule has 1 aliphatic carbocycles. The normalized spacial score (nSPS) is 16.0. The third kappa shape index (κ3) is 3.75. The first-order valence-corrected chi connectivity index (χ1v) is 7.68. The quantitative estimate of drug-likeness (QED) is 0.772. The highest BCUT2D eigenvalue weighted by Gasteiger charge is 2.40. The predicted octanol–water partition coefficient (Wildman–Crippen LogP) is 3.58. The number of rotatable bonds is 4. The molecule has 0 atom stereocenters. The third-order valence-electron chi connectivity index (χ3n) is 3.91. The van der Waals surface area contributed by atoms with Crippen molar-refractivity contribution in [3.05, 3.63) is 27.7 Å². The molecule has 0 spiro atoms. The maximum atomic E-state index is 12.2. The Morgan fingerprint density at radius 3 is 2.29 bits per heavy atom. The second-order valence-corrected chi connectivity index (χ2v) is 6.61. The molecule has 0 radical (unpaired) electrons. The number of carbonyl (C=O) groups is 2. The van der Waals surface area contributed by atoms with Crippen LogP contribution in [0.1, 0.15) is 36.8 Å². The van der Waals surface area contributed by atoms with Crippen LogP contribution in [0.4, 0.5) is 10.5 Å². The highest BCUT2D eigenvalue weighted by molar-refractivity contribution is 9.10. The summed E-state index contributed by atoms with van der Waals surface area (Å²) in [6.07, 6.45) is 2.35. The summed E-state index contributed by atoms with van der Waals surface area (Å²) in [6, 6.07) is 3.52. The Labute approximate surface area is 132 Å². The van der Waals surface area contributed by atoms with Crippen molar-refractivity contribution in [2.75, 3.05) is 5.32 Å². The molecular weight excluding hydrogens is 336 g/mol. The topological polar surface area (TPSA) is 78.4 Å². The number of aryl methyl sites for hydroxylation is 2. The number of carboxylic acids is 1. The third-order valence-corrected chi connectivity index (χ3v) is 4.37. The monoisotopic (exact) mass is 354 g/mol. The van der Waals surface area contributed by atoms with Gasteiger partial charge in [0.05, 0.1) is 12.0 Å². The molecule has 1 saturated carbocycles. The van der Waals surface area contributed by atoms with Crippen LogP contribution in [0, 0.1) is 13.8 Å². The van der Waals surface area contributed by atoms with Crippen LogP contribution in [-0.2, 0) is 4.79 Å². The van der Waals surface area contributed by atoms with Crippen LogP contribution in [0.15, 0.2) is 16.6 Å².